The Labute approximate surface area is 176 Å². The first-order chi connectivity index (χ1) is 15.2. The van der Waals surface area contributed by atoms with Gasteiger partial charge in [0.25, 0.3) is 5.91 Å². The van der Waals surface area contributed by atoms with Crippen molar-refractivity contribution in [1.29, 1.82) is 0 Å². The molecule has 0 spiro atoms. The molecule has 0 unspecified atom stereocenters. The summed E-state index contributed by atoms with van der Waals surface area (Å²) < 4.78 is 15.9. The van der Waals surface area contributed by atoms with Crippen molar-refractivity contribution in [3.05, 3.63) is 78.0 Å². The molecule has 0 saturated carbocycles. The molecule has 1 aromatic heterocycles. The number of ether oxygens (including phenoxy) is 2. The number of anilines is 2. The molecule has 1 aliphatic heterocycles. The van der Waals surface area contributed by atoms with Gasteiger partial charge in [0, 0.05) is 17.1 Å². The van der Waals surface area contributed by atoms with E-state index in [0.717, 1.165) is 5.39 Å². The molecular weight excluding hydrogens is 398 g/mol. The van der Waals surface area contributed by atoms with E-state index >= 15 is 0 Å². The monoisotopic (exact) mass is 415 g/mol. The summed E-state index contributed by atoms with van der Waals surface area (Å²) >= 11 is 0. The number of carbonyl (C=O) groups excluding carboxylic acids is 2. The molecule has 1 aliphatic rings. The van der Waals surface area contributed by atoms with Crippen molar-refractivity contribution in [3.63, 3.8) is 0 Å². The molecule has 0 bridgehead atoms. The maximum absolute atomic E-state index is 12.8. The molecule has 2 amide bonds. The van der Waals surface area contributed by atoms with Crippen LogP contribution < -0.4 is 20.1 Å². The van der Waals surface area contributed by atoms with Crippen molar-refractivity contribution >= 4 is 34.2 Å². The van der Waals surface area contributed by atoms with E-state index in [0.29, 0.717) is 39.7 Å². The molecule has 31 heavy (non-hydrogen) atoms. The van der Waals surface area contributed by atoms with E-state index in [4.69, 9.17) is 14.0 Å². The number of nitrogens with zero attached hydrogens (tertiary/aromatic N) is 1. The van der Waals surface area contributed by atoms with Gasteiger partial charge in [0.1, 0.15) is 5.69 Å². The summed E-state index contributed by atoms with van der Waals surface area (Å²) in [6.07, 6.45) is 0.0229. The quantitative estimate of drug-likeness (QED) is 0.511. The second-order valence-electron chi connectivity index (χ2n) is 6.92. The number of fused-ring (bicyclic) bond motifs is 2. The fraction of sp³-hybridized carbons (Fsp3) is 0.0870. The number of amides is 2. The molecule has 0 fully saturated rings. The average Bonchev–Trinajstić information content (AvgIpc) is 3.41. The molecule has 0 atom stereocenters. The second kappa shape index (κ2) is 7.83. The first-order valence-electron chi connectivity index (χ1n) is 9.60. The molecule has 5 rings (SSSR count). The zero-order chi connectivity index (χ0) is 21.2. The van der Waals surface area contributed by atoms with Gasteiger partial charge in [-0.05, 0) is 36.4 Å². The Morgan fingerprint density at radius 3 is 2.65 bits per heavy atom. The largest absolute Gasteiger partial charge is 0.454 e. The number of para-hydroxylation sites is 2. The zero-order valence-corrected chi connectivity index (χ0v) is 16.3. The van der Waals surface area contributed by atoms with Crippen LogP contribution in [0.2, 0.25) is 0 Å². The Balaban J connectivity index is 1.31. The average molecular weight is 415 g/mol. The Bertz CT molecular complexity index is 1300. The molecule has 0 aliphatic carbocycles. The number of benzene rings is 3. The Morgan fingerprint density at radius 1 is 0.903 bits per heavy atom. The first kappa shape index (κ1) is 18.7. The highest BCUT2D eigenvalue weighted by atomic mass is 16.7. The molecule has 8 heteroatoms. The van der Waals surface area contributed by atoms with Crippen molar-refractivity contribution in [3.8, 4) is 11.5 Å². The van der Waals surface area contributed by atoms with Crippen LogP contribution in [0.15, 0.2) is 71.3 Å². The number of nitrogens with one attached hydrogen (secondary N) is 2. The summed E-state index contributed by atoms with van der Waals surface area (Å²) in [5.41, 5.74) is 2.45. The predicted octanol–water partition coefficient (Wildman–Crippen LogP) is 3.99. The summed E-state index contributed by atoms with van der Waals surface area (Å²) in [5, 5.41) is 10.4. The fourth-order valence-corrected chi connectivity index (χ4v) is 3.37. The van der Waals surface area contributed by atoms with Crippen molar-refractivity contribution in [2.24, 2.45) is 0 Å². The third-order valence-corrected chi connectivity index (χ3v) is 4.86. The lowest BCUT2D eigenvalue weighted by molar-refractivity contribution is -0.115. The van der Waals surface area contributed by atoms with Crippen LogP contribution in [0.25, 0.3) is 11.0 Å². The van der Waals surface area contributed by atoms with Crippen molar-refractivity contribution in [1.82, 2.24) is 5.16 Å². The highest BCUT2D eigenvalue weighted by molar-refractivity contribution is 6.10. The van der Waals surface area contributed by atoms with Crippen molar-refractivity contribution in [2.75, 3.05) is 17.4 Å². The Morgan fingerprint density at radius 2 is 1.71 bits per heavy atom. The van der Waals surface area contributed by atoms with Gasteiger partial charge in [0.05, 0.1) is 17.7 Å². The number of hydrogen-bond acceptors (Lipinski definition) is 6. The summed E-state index contributed by atoms with van der Waals surface area (Å²) in [6.45, 7) is 0.155. The molecule has 8 nitrogen and oxygen atoms in total. The Kier molecular flexibility index (Phi) is 4.72. The SMILES string of the molecule is O=C(Cc1noc2ccccc12)Nc1ccccc1C(=O)Nc1ccc2c(c1)OCO2. The van der Waals surface area contributed by atoms with Crippen LogP contribution in [0.1, 0.15) is 16.1 Å². The summed E-state index contributed by atoms with van der Waals surface area (Å²) in [7, 11) is 0. The lowest BCUT2D eigenvalue weighted by atomic mass is 10.1. The Hall–Kier alpha value is -4.33. The third-order valence-electron chi connectivity index (χ3n) is 4.86. The van der Waals surface area contributed by atoms with E-state index in [9.17, 15) is 9.59 Å². The molecular formula is C23H17N3O5. The normalized spacial score (nSPS) is 12.0. The number of aromatic nitrogens is 1. The summed E-state index contributed by atoms with van der Waals surface area (Å²) in [6, 6.07) is 19.3. The van der Waals surface area contributed by atoms with Gasteiger partial charge >= 0.3 is 0 Å². The highest BCUT2D eigenvalue weighted by Crippen LogP contribution is 2.34. The van der Waals surface area contributed by atoms with Gasteiger partial charge in [0.2, 0.25) is 12.7 Å². The minimum absolute atomic E-state index is 0.0229. The third kappa shape index (κ3) is 3.78. The second-order valence-corrected chi connectivity index (χ2v) is 6.92. The van der Waals surface area contributed by atoms with Crippen LogP contribution in [0.4, 0.5) is 11.4 Å². The molecule has 2 N–H and O–H groups in total. The van der Waals surface area contributed by atoms with Gasteiger partial charge < -0.3 is 24.6 Å². The summed E-state index contributed by atoms with van der Waals surface area (Å²) in [5.74, 6) is 0.536. The van der Waals surface area contributed by atoms with Gasteiger partial charge in [-0.3, -0.25) is 9.59 Å². The van der Waals surface area contributed by atoms with Gasteiger partial charge in [-0.15, -0.1) is 0 Å². The van der Waals surface area contributed by atoms with Gasteiger partial charge in [0.15, 0.2) is 17.1 Å². The van der Waals surface area contributed by atoms with E-state index < -0.39 is 0 Å². The van der Waals surface area contributed by atoms with Crippen molar-refractivity contribution < 1.29 is 23.6 Å². The lowest BCUT2D eigenvalue weighted by Gasteiger charge is -2.11. The van der Waals surface area contributed by atoms with E-state index in [2.05, 4.69) is 15.8 Å². The summed E-state index contributed by atoms with van der Waals surface area (Å²) in [4.78, 5) is 25.5. The molecule has 0 radical (unpaired) electrons. The maximum atomic E-state index is 12.8. The molecule has 154 valence electrons. The van der Waals surface area contributed by atoms with Crippen LogP contribution >= 0.6 is 0 Å². The number of carbonyl (C=O) groups is 2. The number of hydrogen-bond donors (Lipinski definition) is 2. The van der Waals surface area contributed by atoms with Crippen molar-refractivity contribution in [2.45, 2.75) is 6.42 Å². The topological polar surface area (TPSA) is 103 Å². The van der Waals surface area contributed by atoms with Crippen LogP contribution in [-0.4, -0.2) is 23.8 Å². The van der Waals surface area contributed by atoms with E-state index in [1.807, 2.05) is 18.2 Å². The predicted molar refractivity (Wildman–Crippen MR) is 113 cm³/mol. The van der Waals surface area contributed by atoms with E-state index in [1.54, 1.807) is 48.5 Å². The lowest BCUT2D eigenvalue weighted by Crippen LogP contribution is -2.19. The standard InChI is InChI=1S/C23H17N3O5/c27-22(12-18-15-5-2-4-8-19(15)31-26-18)25-17-7-3-1-6-16(17)23(28)24-14-9-10-20-21(11-14)30-13-29-20/h1-11H,12-13H2,(H,24,28)(H,25,27). The van der Waals surface area contributed by atoms with Gasteiger partial charge in [-0.25, -0.2) is 0 Å². The minimum atomic E-state index is -0.360. The van der Waals surface area contributed by atoms with E-state index in [-0.39, 0.29) is 25.0 Å². The smallest absolute Gasteiger partial charge is 0.257 e. The van der Waals surface area contributed by atoms with Crippen LogP contribution in [0.5, 0.6) is 11.5 Å². The van der Waals surface area contributed by atoms with Crippen LogP contribution in [0.3, 0.4) is 0 Å². The molecule has 0 saturated heterocycles. The molecule has 2 heterocycles. The van der Waals surface area contributed by atoms with Gasteiger partial charge in [-0.1, -0.05) is 29.4 Å². The zero-order valence-electron chi connectivity index (χ0n) is 16.3. The van der Waals surface area contributed by atoms with Gasteiger partial charge in [-0.2, -0.15) is 0 Å². The highest BCUT2D eigenvalue weighted by Gasteiger charge is 2.18. The first-order valence-corrected chi connectivity index (χ1v) is 9.60. The maximum Gasteiger partial charge on any atom is 0.257 e. The van der Waals surface area contributed by atoms with E-state index in [1.165, 1.54) is 0 Å². The molecule has 4 aromatic rings. The van der Waals surface area contributed by atoms with Crippen LogP contribution in [-0.2, 0) is 11.2 Å². The minimum Gasteiger partial charge on any atom is -0.454 e. The fourth-order valence-electron chi connectivity index (χ4n) is 3.37. The molecule has 3 aromatic carbocycles. The van der Waals surface area contributed by atoms with Crippen LogP contribution in [0, 0.1) is 0 Å². The number of rotatable bonds is 5.